The van der Waals surface area contributed by atoms with Crippen LogP contribution in [0.1, 0.15) is 23.5 Å². The van der Waals surface area contributed by atoms with E-state index in [1.54, 1.807) is 12.1 Å². The Morgan fingerprint density at radius 3 is 2.61 bits per heavy atom. The van der Waals surface area contributed by atoms with Crippen molar-refractivity contribution in [2.75, 3.05) is 49.6 Å². The van der Waals surface area contributed by atoms with Crippen LogP contribution in [0.2, 0.25) is 4.34 Å². The van der Waals surface area contributed by atoms with Gasteiger partial charge in [-0.3, -0.25) is 19.3 Å². The molecule has 0 saturated carbocycles. The molecule has 1 aliphatic rings. The van der Waals surface area contributed by atoms with Crippen LogP contribution in [0.15, 0.2) is 30.3 Å². The molecule has 0 radical (unpaired) electrons. The van der Waals surface area contributed by atoms with E-state index in [1.807, 2.05) is 18.7 Å². The van der Waals surface area contributed by atoms with E-state index in [1.165, 1.54) is 23.1 Å². The molecular formula is C23H27ClF2N4O5S. The largest absolute Gasteiger partial charge is 0.433 e. The van der Waals surface area contributed by atoms with Crippen LogP contribution < -0.4 is 20.3 Å². The van der Waals surface area contributed by atoms with Crippen LogP contribution >= 0.6 is 22.9 Å². The highest BCUT2D eigenvalue weighted by molar-refractivity contribution is 7.18. The van der Waals surface area contributed by atoms with Gasteiger partial charge in [0.25, 0.3) is 11.8 Å². The Morgan fingerprint density at radius 1 is 1.25 bits per heavy atom. The third-order valence-electron chi connectivity index (χ3n) is 5.53. The van der Waals surface area contributed by atoms with Gasteiger partial charge in [0.15, 0.2) is 5.75 Å². The Balaban J connectivity index is 1.78. The Morgan fingerprint density at radius 2 is 2.00 bits per heavy atom. The summed E-state index contributed by atoms with van der Waals surface area (Å²) >= 11 is 7.02. The summed E-state index contributed by atoms with van der Waals surface area (Å²) in [6, 6.07) is 6.65. The number of ether oxygens (including phenoxy) is 2. The maximum atomic E-state index is 13.2. The standard InChI is InChI=1S/C23H27ClF2N4O5S/c1-3-29(4-2)16(12-27-22(33)18-7-8-19(24)36-18)21(32)28-14-5-6-15(17(11-14)35-23(25)26)30-9-10-34-13-20(30)31/h5-8,11,16,23H,3-4,9-10,12-13H2,1-2H3,(H,27,33)(H,28,32)/t16-/m1/s1. The van der Waals surface area contributed by atoms with Gasteiger partial charge < -0.3 is 25.0 Å². The van der Waals surface area contributed by atoms with Crippen molar-refractivity contribution < 1.29 is 32.6 Å². The first-order valence-corrected chi connectivity index (χ1v) is 12.5. The maximum Gasteiger partial charge on any atom is 0.387 e. The van der Waals surface area contributed by atoms with E-state index in [4.69, 9.17) is 16.3 Å². The maximum absolute atomic E-state index is 13.2. The number of benzene rings is 1. The molecular weight excluding hydrogens is 518 g/mol. The molecule has 1 atom stereocenters. The molecule has 1 aromatic heterocycles. The summed E-state index contributed by atoms with van der Waals surface area (Å²) in [5.74, 6) is -1.44. The van der Waals surface area contributed by atoms with Crippen LogP contribution in [-0.4, -0.2) is 74.7 Å². The molecule has 9 nitrogen and oxygen atoms in total. The monoisotopic (exact) mass is 544 g/mol. The predicted octanol–water partition coefficient (Wildman–Crippen LogP) is 3.45. The molecule has 1 aliphatic heterocycles. The number of halogens is 3. The number of thiophene rings is 1. The highest BCUT2D eigenvalue weighted by Gasteiger charge is 2.27. The Labute approximate surface area is 216 Å². The summed E-state index contributed by atoms with van der Waals surface area (Å²) in [6.45, 7) is 2.00. The number of likely N-dealkylation sites (N-methyl/N-ethyl adjacent to an activating group) is 1. The van der Waals surface area contributed by atoms with Crippen molar-refractivity contribution >= 4 is 52.0 Å². The van der Waals surface area contributed by atoms with E-state index in [-0.39, 0.29) is 55.2 Å². The molecule has 0 unspecified atom stereocenters. The van der Waals surface area contributed by atoms with Gasteiger partial charge in [-0.1, -0.05) is 25.4 Å². The van der Waals surface area contributed by atoms with Crippen LogP contribution in [0.5, 0.6) is 5.75 Å². The molecule has 0 bridgehead atoms. The number of amides is 3. The topological polar surface area (TPSA) is 100 Å². The molecule has 0 aliphatic carbocycles. The van der Waals surface area contributed by atoms with Gasteiger partial charge in [0, 0.05) is 24.8 Å². The lowest BCUT2D eigenvalue weighted by Crippen LogP contribution is -2.50. The fraction of sp³-hybridized carbons (Fsp3) is 0.435. The SMILES string of the molecule is CCN(CC)[C@H](CNC(=O)c1ccc(Cl)s1)C(=O)Nc1ccc(N2CCOCC2=O)c(OC(F)F)c1. The molecule has 1 fully saturated rings. The Bertz CT molecular complexity index is 1080. The molecule has 2 aromatic rings. The third kappa shape index (κ3) is 7.12. The molecule has 1 saturated heterocycles. The minimum Gasteiger partial charge on any atom is -0.433 e. The number of carbonyl (C=O) groups is 3. The van der Waals surface area contributed by atoms with Gasteiger partial charge >= 0.3 is 6.61 Å². The molecule has 196 valence electrons. The van der Waals surface area contributed by atoms with Crippen LogP contribution in [-0.2, 0) is 14.3 Å². The van der Waals surface area contributed by atoms with Crippen molar-refractivity contribution in [1.82, 2.24) is 10.2 Å². The lowest BCUT2D eigenvalue weighted by atomic mass is 10.2. The normalized spacial score (nSPS) is 14.8. The van der Waals surface area contributed by atoms with Crippen LogP contribution in [0, 0.1) is 0 Å². The molecule has 0 spiro atoms. The fourth-order valence-electron chi connectivity index (χ4n) is 3.77. The third-order valence-corrected chi connectivity index (χ3v) is 6.76. The molecule has 3 rings (SSSR count). The Kier molecular flexibility index (Phi) is 9.99. The molecule has 3 amide bonds. The lowest BCUT2D eigenvalue weighted by molar-refractivity contribution is -0.126. The van der Waals surface area contributed by atoms with Crippen LogP contribution in [0.25, 0.3) is 0 Å². The van der Waals surface area contributed by atoms with Gasteiger partial charge in [-0.2, -0.15) is 8.78 Å². The van der Waals surface area contributed by atoms with Gasteiger partial charge in [-0.05, 0) is 37.4 Å². The summed E-state index contributed by atoms with van der Waals surface area (Å²) in [6.07, 6.45) is 0. The van der Waals surface area contributed by atoms with E-state index in [2.05, 4.69) is 15.4 Å². The average molecular weight is 545 g/mol. The molecule has 1 aromatic carbocycles. The minimum absolute atomic E-state index is 0.0165. The van der Waals surface area contributed by atoms with Gasteiger partial charge in [0.05, 0.1) is 21.5 Å². The number of rotatable bonds is 11. The number of carbonyl (C=O) groups excluding carboxylic acids is 3. The Hall–Kier alpha value is -2.80. The second-order valence-corrected chi connectivity index (χ2v) is 9.41. The predicted molar refractivity (Wildman–Crippen MR) is 133 cm³/mol. The summed E-state index contributed by atoms with van der Waals surface area (Å²) in [5.41, 5.74) is 0.359. The van der Waals surface area contributed by atoms with Crippen molar-refractivity contribution in [1.29, 1.82) is 0 Å². The first kappa shape index (κ1) is 27.8. The van der Waals surface area contributed by atoms with E-state index in [0.717, 1.165) is 11.3 Å². The lowest BCUT2D eigenvalue weighted by Gasteiger charge is -2.30. The zero-order valence-corrected chi connectivity index (χ0v) is 21.3. The first-order valence-electron chi connectivity index (χ1n) is 11.3. The summed E-state index contributed by atoms with van der Waals surface area (Å²) in [4.78, 5) is 41.4. The van der Waals surface area contributed by atoms with E-state index < -0.39 is 18.6 Å². The molecule has 13 heteroatoms. The van der Waals surface area contributed by atoms with Crippen LogP contribution in [0.3, 0.4) is 0 Å². The number of anilines is 2. The zero-order valence-electron chi connectivity index (χ0n) is 19.8. The fourth-order valence-corrected chi connectivity index (χ4v) is 4.73. The smallest absolute Gasteiger partial charge is 0.387 e. The van der Waals surface area contributed by atoms with E-state index >= 15 is 0 Å². The summed E-state index contributed by atoms with van der Waals surface area (Å²) < 4.78 is 36.4. The van der Waals surface area contributed by atoms with Crippen LogP contribution in [0.4, 0.5) is 20.2 Å². The molecule has 2 N–H and O–H groups in total. The number of alkyl halides is 2. The van der Waals surface area contributed by atoms with E-state index in [9.17, 15) is 23.2 Å². The van der Waals surface area contributed by atoms with Crippen molar-refractivity contribution in [3.63, 3.8) is 0 Å². The zero-order chi connectivity index (χ0) is 26.2. The van der Waals surface area contributed by atoms with E-state index in [0.29, 0.717) is 22.3 Å². The number of hydrogen-bond donors (Lipinski definition) is 2. The van der Waals surface area contributed by atoms with Crippen molar-refractivity contribution in [2.24, 2.45) is 0 Å². The average Bonchev–Trinajstić information content (AvgIpc) is 3.28. The first-order chi connectivity index (χ1) is 17.2. The van der Waals surface area contributed by atoms with Gasteiger partial charge in [0.2, 0.25) is 5.91 Å². The number of morpholine rings is 1. The quantitative estimate of drug-likeness (QED) is 0.449. The van der Waals surface area contributed by atoms with Gasteiger partial charge in [-0.15, -0.1) is 11.3 Å². The van der Waals surface area contributed by atoms with Crippen molar-refractivity contribution in [3.05, 3.63) is 39.5 Å². The molecule has 2 heterocycles. The van der Waals surface area contributed by atoms with Gasteiger partial charge in [-0.25, -0.2) is 0 Å². The second-order valence-electron chi connectivity index (χ2n) is 7.70. The summed E-state index contributed by atoms with van der Waals surface area (Å²) in [5, 5.41) is 5.46. The molecule has 36 heavy (non-hydrogen) atoms. The highest BCUT2D eigenvalue weighted by atomic mass is 35.5. The highest BCUT2D eigenvalue weighted by Crippen LogP contribution is 2.33. The number of hydrogen-bond acceptors (Lipinski definition) is 7. The van der Waals surface area contributed by atoms with Crippen molar-refractivity contribution in [2.45, 2.75) is 26.5 Å². The number of nitrogens with zero attached hydrogens (tertiary/aromatic N) is 2. The second kappa shape index (κ2) is 12.9. The van der Waals surface area contributed by atoms with Crippen molar-refractivity contribution in [3.8, 4) is 5.75 Å². The summed E-state index contributed by atoms with van der Waals surface area (Å²) in [7, 11) is 0. The van der Waals surface area contributed by atoms with Gasteiger partial charge in [0.1, 0.15) is 12.6 Å². The number of nitrogens with one attached hydrogen (secondary N) is 2. The minimum atomic E-state index is -3.13.